The fraction of sp³-hybridized carbons (Fsp3) is 1.00. The molecule has 0 aromatic rings. The van der Waals surface area contributed by atoms with Crippen molar-refractivity contribution in [1.29, 1.82) is 0 Å². The van der Waals surface area contributed by atoms with Crippen LogP contribution < -0.4 is 5.73 Å². The van der Waals surface area contributed by atoms with Crippen LogP contribution in [0, 0.1) is 5.41 Å². The van der Waals surface area contributed by atoms with Crippen LogP contribution in [0.1, 0.15) is 20.8 Å². The van der Waals surface area contributed by atoms with Gasteiger partial charge in [-0.15, -0.1) is 0 Å². The van der Waals surface area contributed by atoms with E-state index in [1.54, 1.807) is 0 Å². The van der Waals surface area contributed by atoms with Gasteiger partial charge in [-0.05, 0) is 12.0 Å². The van der Waals surface area contributed by atoms with Crippen molar-refractivity contribution >= 4 is 10.0 Å². The Hall–Kier alpha value is -0.130. The van der Waals surface area contributed by atoms with Gasteiger partial charge in [0.1, 0.15) is 0 Å². The predicted molar refractivity (Wildman–Crippen MR) is 54.9 cm³/mol. The molecule has 80 valence electrons. The highest BCUT2D eigenvalue weighted by molar-refractivity contribution is 7.88. The third kappa shape index (κ3) is 4.59. The van der Waals surface area contributed by atoms with Gasteiger partial charge in [-0.25, -0.2) is 12.7 Å². The summed E-state index contributed by atoms with van der Waals surface area (Å²) in [5.41, 5.74) is 5.38. The molecule has 0 spiro atoms. The van der Waals surface area contributed by atoms with Gasteiger partial charge in [0.2, 0.25) is 10.0 Å². The first kappa shape index (κ1) is 12.9. The molecule has 0 aromatic heterocycles. The predicted octanol–water partition coefficient (Wildman–Crippen LogP) is 0.253. The van der Waals surface area contributed by atoms with Gasteiger partial charge in [-0.3, -0.25) is 0 Å². The Labute approximate surface area is 81.2 Å². The van der Waals surface area contributed by atoms with Gasteiger partial charge in [0.25, 0.3) is 0 Å². The summed E-state index contributed by atoms with van der Waals surface area (Å²) in [5, 5.41) is 0. The number of rotatable bonds is 5. The van der Waals surface area contributed by atoms with E-state index < -0.39 is 10.0 Å². The molecule has 0 radical (unpaired) electrons. The molecule has 0 bridgehead atoms. The summed E-state index contributed by atoms with van der Waals surface area (Å²) >= 11 is 0. The first-order chi connectivity index (χ1) is 5.73. The molecule has 13 heavy (non-hydrogen) atoms. The van der Waals surface area contributed by atoms with E-state index in [-0.39, 0.29) is 5.41 Å². The second-order valence-corrected chi connectivity index (χ2v) is 6.04. The summed E-state index contributed by atoms with van der Waals surface area (Å²) in [6, 6.07) is 0. The maximum Gasteiger partial charge on any atom is 0.211 e. The van der Waals surface area contributed by atoms with Crippen LogP contribution in [0.15, 0.2) is 0 Å². The summed E-state index contributed by atoms with van der Waals surface area (Å²) in [5.74, 6) is 0. The van der Waals surface area contributed by atoms with Crippen molar-refractivity contribution in [2.45, 2.75) is 20.8 Å². The molecular weight excluding hydrogens is 188 g/mol. The van der Waals surface area contributed by atoms with E-state index >= 15 is 0 Å². The largest absolute Gasteiger partial charge is 0.330 e. The Kier molecular flexibility index (Phi) is 4.35. The summed E-state index contributed by atoms with van der Waals surface area (Å²) in [6.45, 7) is 7.22. The lowest BCUT2D eigenvalue weighted by Crippen LogP contribution is -2.41. The molecule has 0 aliphatic rings. The van der Waals surface area contributed by atoms with Crippen LogP contribution in [0.4, 0.5) is 0 Å². The maximum absolute atomic E-state index is 11.2. The van der Waals surface area contributed by atoms with E-state index in [0.29, 0.717) is 19.6 Å². The Bertz CT molecular complexity index is 247. The van der Waals surface area contributed by atoms with E-state index in [1.807, 2.05) is 20.8 Å². The number of hydrogen-bond donors (Lipinski definition) is 1. The quantitative estimate of drug-likeness (QED) is 0.704. The first-order valence-corrected chi connectivity index (χ1v) is 6.23. The Morgan fingerprint density at radius 3 is 2.08 bits per heavy atom. The summed E-state index contributed by atoms with van der Waals surface area (Å²) in [6.07, 6.45) is 1.23. The number of sulfonamides is 1. The van der Waals surface area contributed by atoms with Crippen molar-refractivity contribution in [1.82, 2.24) is 4.31 Å². The monoisotopic (exact) mass is 208 g/mol. The fourth-order valence-electron chi connectivity index (χ4n) is 1.01. The Morgan fingerprint density at radius 1 is 1.38 bits per heavy atom. The Morgan fingerprint density at radius 2 is 1.85 bits per heavy atom. The standard InChI is InChI=1S/C8H20N2O2S/c1-5-10(13(4,11)12)7-8(2,3)6-9/h5-7,9H2,1-4H3. The van der Waals surface area contributed by atoms with Crippen molar-refractivity contribution in [3.8, 4) is 0 Å². The number of hydrogen-bond acceptors (Lipinski definition) is 3. The van der Waals surface area contributed by atoms with Crippen LogP contribution >= 0.6 is 0 Å². The first-order valence-electron chi connectivity index (χ1n) is 4.38. The highest BCUT2D eigenvalue weighted by Gasteiger charge is 2.24. The van der Waals surface area contributed by atoms with Crippen LogP contribution in [-0.4, -0.2) is 38.6 Å². The van der Waals surface area contributed by atoms with Crippen molar-refractivity contribution < 1.29 is 8.42 Å². The topological polar surface area (TPSA) is 63.4 Å². The van der Waals surface area contributed by atoms with Crippen molar-refractivity contribution in [3.63, 3.8) is 0 Å². The molecule has 0 saturated heterocycles. The van der Waals surface area contributed by atoms with Crippen molar-refractivity contribution in [3.05, 3.63) is 0 Å². The zero-order valence-corrected chi connectivity index (χ0v) is 9.69. The highest BCUT2D eigenvalue weighted by atomic mass is 32.2. The van der Waals surface area contributed by atoms with E-state index in [0.717, 1.165) is 0 Å². The molecule has 0 aliphatic carbocycles. The normalized spacial score (nSPS) is 13.7. The molecule has 0 heterocycles. The minimum absolute atomic E-state index is 0.154. The third-order valence-electron chi connectivity index (χ3n) is 1.98. The minimum Gasteiger partial charge on any atom is -0.330 e. The smallest absolute Gasteiger partial charge is 0.211 e. The number of nitrogens with two attached hydrogens (primary N) is 1. The summed E-state index contributed by atoms with van der Waals surface area (Å²) < 4.78 is 23.9. The molecule has 0 unspecified atom stereocenters. The van der Waals surface area contributed by atoms with Gasteiger partial charge in [-0.1, -0.05) is 20.8 Å². The molecule has 0 amide bonds. The van der Waals surface area contributed by atoms with E-state index in [4.69, 9.17) is 5.73 Å². The zero-order chi connectivity index (χ0) is 10.7. The lowest BCUT2D eigenvalue weighted by atomic mass is 9.94. The minimum atomic E-state index is -3.08. The molecule has 2 N–H and O–H groups in total. The molecule has 0 fully saturated rings. The van der Waals surface area contributed by atoms with Crippen LogP contribution in [0.2, 0.25) is 0 Å². The third-order valence-corrected chi connectivity index (χ3v) is 3.30. The van der Waals surface area contributed by atoms with Gasteiger partial charge in [0.15, 0.2) is 0 Å². The lowest BCUT2D eigenvalue weighted by Gasteiger charge is -2.29. The van der Waals surface area contributed by atoms with Gasteiger partial charge in [-0.2, -0.15) is 0 Å². The molecule has 4 nitrogen and oxygen atoms in total. The van der Waals surface area contributed by atoms with Crippen LogP contribution in [0.3, 0.4) is 0 Å². The molecular formula is C8H20N2O2S. The average Bonchev–Trinajstić information content (AvgIpc) is 1.98. The van der Waals surface area contributed by atoms with Crippen LogP contribution in [-0.2, 0) is 10.0 Å². The second-order valence-electron chi connectivity index (χ2n) is 4.06. The van der Waals surface area contributed by atoms with Crippen molar-refractivity contribution in [2.75, 3.05) is 25.9 Å². The number of nitrogens with zero attached hydrogens (tertiary/aromatic N) is 1. The van der Waals surface area contributed by atoms with E-state index in [2.05, 4.69) is 0 Å². The maximum atomic E-state index is 11.2. The van der Waals surface area contributed by atoms with Gasteiger partial charge in [0.05, 0.1) is 6.26 Å². The summed E-state index contributed by atoms with van der Waals surface area (Å²) in [7, 11) is -3.08. The molecule has 0 atom stereocenters. The Balaban J connectivity index is 4.49. The molecule has 0 rings (SSSR count). The zero-order valence-electron chi connectivity index (χ0n) is 8.87. The van der Waals surface area contributed by atoms with Gasteiger partial charge >= 0.3 is 0 Å². The average molecular weight is 208 g/mol. The highest BCUT2D eigenvalue weighted by Crippen LogP contribution is 2.16. The van der Waals surface area contributed by atoms with Gasteiger partial charge < -0.3 is 5.73 Å². The second kappa shape index (κ2) is 4.39. The van der Waals surface area contributed by atoms with Gasteiger partial charge in [0, 0.05) is 13.1 Å². The van der Waals surface area contributed by atoms with Crippen molar-refractivity contribution in [2.24, 2.45) is 11.1 Å². The van der Waals surface area contributed by atoms with Crippen LogP contribution in [0.25, 0.3) is 0 Å². The molecule has 0 aliphatic heterocycles. The molecule has 5 heteroatoms. The van der Waals surface area contributed by atoms with E-state index in [1.165, 1.54) is 10.6 Å². The molecule has 0 aromatic carbocycles. The van der Waals surface area contributed by atoms with E-state index in [9.17, 15) is 8.42 Å². The fourth-order valence-corrected chi connectivity index (χ4v) is 2.06. The van der Waals surface area contributed by atoms with Crippen LogP contribution in [0.5, 0.6) is 0 Å². The molecule has 0 saturated carbocycles. The SMILES string of the molecule is CCN(CC(C)(C)CN)S(C)(=O)=O. The lowest BCUT2D eigenvalue weighted by molar-refractivity contribution is 0.274. The summed E-state index contributed by atoms with van der Waals surface area (Å²) in [4.78, 5) is 0.